The second kappa shape index (κ2) is 6.02. The molecule has 1 aromatic carbocycles. The Balaban J connectivity index is 2.51. The lowest BCUT2D eigenvalue weighted by molar-refractivity contribution is -0.388. The summed E-state index contributed by atoms with van der Waals surface area (Å²) in [6, 6.07) is 1.43. The van der Waals surface area contributed by atoms with Crippen LogP contribution in [0.5, 0.6) is 0 Å². The van der Waals surface area contributed by atoms with Crippen LogP contribution in [0.2, 0.25) is 0 Å². The van der Waals surface area contributed by atoms with Gasteiger partial charge in [0.15, 0.2) is 4.90 Å². The lowest BCUT2D eigenvalue weighted by Gasteiger charge is -2.33. The Morgan fingerprint density at radius 1 is 1.52 bits per heavy atom. The molecular formula is C11H13FN2O6S. The van der Waals surface area contributed by atoms with Crippen LogP contribution in [0.15, 0.2) is 23.1 Å². The molecule has 1 aliphatic heterocycles. The average molecular weight is 320 g/mol. The van der Waals surface area contributed by atoms with Gasteiger partial charge in [-0.25, -0.2) is 12.8 Å². The third kappa shape index (κ3) is 3.02. The summed E-state index contributed by atoms with van der Waals surface area (Å²) in [6.45, 7) is -0.411. The first-order chi connectivity index (χ1) is 9.87. The Hall–Kier alpha value is -1.62. The molecule has 1 atom stereocenters. The summed E-state index contributed by atoms with van der Waals surface area (Å²) in [4.78, 5) is 9.38. The van der Waals surface area contributed by atoms with Gasteiger partial charge in [0.25, 0.3) is 5.69 Å². The van der Waals surface area contributed by atoms with Crippen LogP contribution >= 0.6 is 0 Å². The first-order valence-corrected chi connectivity index (χ1v) is 7.46. The largest absolute Gasteiger partial charge is 0.395 e. The van der Waals surface area contributed by atoms with Gasteiger partial charge in [-0.15, -0.1) is 0 Å². The number of nitrogens with zero attached hydrogens (tertiary/aromatic N) is 2. The van der Waals surface area contributed by atoms with Crippen LogP contribution in [-0.2, 0) is 14.8 Å². The summed E-state index contributed by atoms with van der Waals surface area (Å²) >= 11 is 0. The van der Waals surface area contributed by atoms with E-state index in [4.69, 9.17) is 4.74 Å². The predicted molar refractivity (Wildman–Crippen MR) is 68.6 cm³/mol. The molecule has 2 rings (SSSR count). The van der Waals surface area contributed by atoms with Gasteiger partial charge in [0.2, 0.25) is 10.0 Å². The highest BCUT2D eigenvalue weighted by Gasteiger charge is 2.37. The van der Waals surface area contributed by atoms with Crippen molar-refractivity contribution in [1.82, 2.24) is 4.31 Å². The molecule has 0 bridgehead atoms. The number of sulfonamides is 1. The highest BCUT2D eigenvalue weighted by Crippen LogP contribution is 2.29. The highest BCUT2D eigenvalue weighted by molar-refractivity contribution is 7.89. The minimum atomic E-state index is -4.23. The SMILES string of the molecule is O=[N+]([O-])c1cc(F)ccc1S(=O)(=O)N1CCOCC1CO. The molecule has 1 N–H and O–H groups in total. The van der Waals surface area contributed by atoms with Crippen LogP contribution in [-0.4, -0.2) is 55.2 Å². The number of aliphatic hydroxyl groups is 1. The van der Waals surface area contributed by atoms with E-state index < -0.39 is 44.0 Å². The maximum absolute atomic E-state index is 13.1. The van der Waals surface area contributed by atoms with Gasteiger partial charge >= 0.3 is 0 Å². The minimum Gasteiger partial charge on any atom is -0.395 e. The third-order valence-electron chi connectivity index (χ3n) is 3.09. The van der Waals surface area contributed by atoms with Crippen LogP contribution in [0.1, 0.15) is 0 Å². The number of nitro groups is 1. The molecule has 0 saturated carbocycles. The Labute approximate surface area is 119 Å². The molecule has 116 valence electrons. The standard InChI is InChI=1S/C11H13FN2O6S/c12-8-1-2-11(10(5-8)14(16)17)21(18,19)13-3-4-20-7-9(13)6-15/h1-2,5,9,15H,3-4,6-7H2. The fourth-order valence-corrected chi connectivity index (χ4v) is 3.80. The highest BCUT2D eigenvalue weighted by atomic mass is 32.2. The number of aliphatic hydroxyl groups excluding tert-OH is 1. The van der Waals surface area contributed by atoms with Crippen molar-refractivity contribution in [3.8, 4) is 0 Å². The summed E-state index contributed by atoms with van der Waals surface area (Å²) in [5, 5.41) is 20.2. The number of nitro benzene ring substituents is 1. The van der Waals surface area contributed by atoms with Crippen molar-refractivity contribution >= 4 is 15.7 Å². The van der Waals surface area contributed by atoms with E-state index in [0.717, 1.165) is 16.4 Å². The van der Waals surface area contributed by atoms with Gasteiger partial charge in [0.1, 0.15) is 5.82 Å². The Kier molecular flexibility index (Phi) is 4.52. The van der Waals surface area contributed by atoms with E-state index in [0.29, 0.717) is 6.07 Å². The van der Waals surface area contributed by atoms with E-state index in [2.05, 4.69) is 0 Å². The summed E-state index contributed by atoms with van der Waals surface area (Å²) in [5.41, 5.74) is -0.835. The molecule has 0 amide bonds. The first-order valence-electron chi connectivity index (χ1n) is 6.02. The maximum atomic E-state index is 13.1. The predicted octanol–water partition coefficient (Wildman–Crippen LogP) is 0.116. The number of benzene rings is 1. The number of hydrogen-bond donors (Lipinski definition) is 1. The van der Waals surface area contributed by atoms with Gasteiger partial charge in [-0.1, -0.05) is 0 Å². The zero-order chi connectivity index (χ0) is 15.6. The van der Waals surface area contributed by atoms with E-state index in [1.54, 1.807) is 0 Å². The van der Waals surface area contributed by atoms with Crippen molar-refractivity contribution in [3.63, 3.8) is 0 Å². The van der Waals surface area contributed by atoms with Crippen LogP contribution in [0.4, 0.5) is 10.1 Å². The molecule has 1 saturated heterocycles. The van der Waals surface area contributed by atoms with Crippen molar-refractivity contribution in [2.75, 3.05) is 26.4 Å². The number of hydrogen-bond acceptors (Lipinski definition) is 6. The van der Waals surface area contributed by atoms with Gasteiger partial charge < -0.3 is 9.84 Å². The van der Waals surface area contributed by atoms with Crippen molar-refractivity contribution in [2.24, 2.45) is 0 Å². The molecular weight excluding hydrogens is 307 g/mol. The average Bonchev–Trinajstić information content (AvgIpc) is 2.46. The van der Waals surface area contributed by atoms with Crippen LogP contribution in [0, 0.1) is 15.9 Å². The number of halogens is 1. The Bertz CT molecular complexity index is 650. The zero-order valence-corrected chi connectivity index (χ0v) is 11.6. The number of ether oxygens (including phenoxy) is 1. The normalized spacial score (nSPS) is 20.4. The van der Waals surface area contributed by atoms with Crippen molar-refractivity contribution in [3.05, 3.63) is 34.1 Å². The quantitative estimate of drug-likeness (QED) is 0.623. The molecule has 0 radical (unpaired) electrons. The van der Waals surface area contributed by atoms with Crippen LogP contribution in [0.25, 0.3) is 0 Å². The summed E-state index contributed by atoms with van der Waals surface area (Å²) in [5.74, 6) is -0.902. The fourth-order valence-electron chi connectivity index (χ4n) is 2.08. The second-order valence-electron chi connectivity index (χ2n) is 4.40. The molecule has 1 heterocycles. The summed E-state index contributed by atoms with van der Waals surface area (Å²) < 4.78 is 44.2. The summed E-state index contributed by atoms with van der Waals surface area (Å²) in [6.07, 6.45) is 0. The molecule has 10 heteroatoms. The third-order valence-corrected chi connectivity index (χ3v) is 5.09. The smallest absolute Gasteiger partial charge is 0.292 e. The lowest BCUT2D eigenvalue weighted by Crippen LogP contribution is -2.50. The van der Waals surface area contributed by atoms with E-state index in [9.17, 15) is 28.0 Å². The van der Waals surface area contributed by atoms with Crippen LogP contribution < -0.4 is 0 Å². The number of rotatable bonds is 4. The monoisotopic (exact) mass is 320 g/mol. The Morgan fingerprint density at radius 2 is 2.24 bits per heavy atom. The molecule has 8 nitrogen and oxygen atoms in total. The molecule has 0 aliphatic carbocycles. The van der Waals surface area contributed by atoms with Gasteiger partial charge in [-0.05, 0) is 12.1 Å². The van der Waals surface area contributed by atoms with Gasteiger partial charge in [0.05, 0.1) is 36.9 Å². The topological polar surface area (TPSA) is 110 Å². The van der Waals surface area contributed by atoms with E-state index in [-0.39, 0.29) is 19.8 Å². The lowest BCUT2D eigenvalue weighted by atomic mass is 10.3. The maximum Gasteiger partial charge on any atom is 0.292 e. The van der Waals surface area contributed by atoms with Gasteiger partial charge in [-0.3, -0.25) is 10.1 Å². The second-order valence-corrected chi connectivity index (χ2v) is 6.26. The van der Waals surface area contributed by atoms with E-state index in [1.807, 2.05) is 0 Å². The zero-order valence-electron chi connectivity index (χ0n) is 10.8. The van der Waals surface area contributed by atoms with Crippen molar-refractivity contribution in [1.29, 1.82) is 0 Å². The van der Waals surface area contributed by atoms with Crippen molar-refractivity contribution < 1.29 is 27.6 Å². The van der Waals surface area contributed by atoms with E-state index in [1.165, 1.54) is 0 Å². The summed E-state index contributed by atoms with van der Waals surface area (Å²) in [7, 11) is -4.23. The molecule has 21 heavy (non-hydrogen) atoms. The molecule has 1 aliphatic rings. The molecule has 1 fully saturated rings. The first kappa shape index (κ1) is 15.8. The Morgan fingerprint density at radius 3 is 2.86 bits per heavy atom. The van der Waals surface area contributed by atoms with E-state index >= 15 is 0 Å². The van der Waals surface area contributed by atoms with Gasteiger partial charge in [0, 0.05) is 6.54 Å². The number of morpholine rings is 1. The van der Waals surface area contributed by atoms with Crippen LogP contribution in [0.3, 0.4) is 0 Å². The minimum absolute atomic E-state index is 0.00920. The molecule has 0 aromatic heterocycles. The fraction of sp³-hybridized carbons (Fsp3) is 0.455. The van der Waals surface area contributed by atoms with Gasteiger partial charge in [-0.2, -0.15) is 4.31 Å². The molecule has 0 spiro atoms. The van der Waals surface area contributed by atoms with Crippen molar-refractivity contribution in [2.45, 2.75) is 10.9 Å². The molecule has 1 unspecified atom stereocenters. The molecule has 1 aromatic rings.